The number of aliphatic hydroxyl groups excluding tert-OH is 1. The number of hydrogen-bond acceptors (Lipinski definition) is 5. The van der Waals surface area contributed by atoms with Crippen LogP contribution in [0.3, 0.4) is 0 Å². The number of aliphatic hydroxyl groups is 1. The lowest BCUT2D eigenvalue weighted by molar-refractivity contribution is -0.137. The SMILES string of the molecule is CN(C[C@H](O)CNC(C)(C)CC1Cc2ccccc2C1)Sc1cc(-c2cc(F)cc(C(=O)O)c2)cc(C(F)(F)F)c1. The molecule has 5 nitrogen and oxygen atoms in total. The molecule has 0 aromatic heterocycles. The topological polar surface area (TPSA) is 72.8 Å². The molecular formula is C31H34F4N2O3S. The third-order valence-electron chi connectivity index (χ3n) is 7.19. The molecule has 0 heterocycles. The fraction of sp³-hybridized carbons (Fsp3) is 0.387. The highest BCUT2D eigenvalue weighted by Gasteiger charge is 2.32. The summed E-state index contributed by atoms with van der Waals surface area (Å²) in [6.45, 7) is 4.70. The molecular weight excluding hydrogens is 556 g/mol. The molecule has 0 fully saturated rings. The van der Waals surface area contributed by atoms with Gasteiger partial charge in [0, 0.05) is 23.5 Å². The van der Waals surface area contributed by atoms with E-state index in [4.69, 9.17) is 0 Å². The number of fused-ring (bicyclic) bond motifs is 1. The molecule has 0 amide bonds. The van der Waals surface area contributed by atoms with Crippen LogP contribution in [0.1, 0.15) is 47.3 Å². The predicted octanol–water partition coefficient (Wildman–Crippen LogP) is 6.68. The monoisotopic (exact) mass is 590 g/mol. The van der Waals surface area contributed by atoms with E-state index in [1.165, 1.54) is 17.2 Å². The molecule has 1 atom stereocenters. The van der Waals surface area contributed by atoms with Crippen molar-refractivity contribution in [3.63, 3.8) is 0 Å². The molecule has 220 valence electrons. The molecule has 4 rings (SSSR count). The third kappa shape index (κ3) is 8.54. The van der Waals surface area contributed by atoms with E-state index in [1.54, 1.807) is 11.4 Å². The van der Waals surface area contributed by atoms with Gasteiger partial charge in [0.2, 0.25) is 0 Å². The number of β-amino-alcohol motifs (C(OH)–C–C–N with tert-alkyl or cyclic N) is 1. The first-order valence-electron chi connectivity index (χ1n) is 13.3. The van der Waals surface area contributed by atoms with E-state index in [1.807, 2.05) is 0 Å². The fourth-order valence-corrected chi connectivity index (χ4v) is 6.39. The number of carboxylic acids is 1. The van der Waals surface area contributed by atoms with Gasteiger partial charge in [0.25, 0.3) is 0 Å². The van der Waals surface area contributed by atoms with Crippen molar-refractivity contribution < 1.29 is 32.6 Å². The van der Waals surface area contributed by atoms with Crippen LogP contribution in [-0.2, 0) is 19.0 Å². The van der Waals surface area contributed by atoms with Crippen molar-refractivity contribution in [3.8, 4) is 11.1 Å². The standard InChI is InChI=1S/C31H34F4N2O3S/c1-30(2,16-19-8-20-6-4-5-7-21(20)9-19)36-17-27(38)18-37(3)41-28-14-23(11-25(15-28)31(33,34)35)22-10-24(29(39)40)13-26(32)12-22/h4-7,10-15,19,27,36,38H,8-9,16-18H2,1-3H3,(H,39,40)/t27-/m1/s1. The van der Waals surface area contributed by atoms with Crippen LogP contribution in [0.15, 0.2) is 65.6 Å². The number of nitrogens with zero attached hydrogens (tertiary/aromatic N) is 1. The van der Waals surface area contributed by atoms with Crippen molar-refractivity contribution in [2.75, 3.05) is 20.1 Å². The Labute approximate surface area is 241 Å². The van der Waals surface area contributed by atoms with Crippen LogP contribution in [0.4, 0.5) is 17.6 Å². The van der Waals surface area contributed by atoms with Crippen molar-refractivity contribution in [1.82, 2.24) is 9.62 Å². The number of carbonyl (C=O) groups is 1. The summed E-state index contributed by atoms with van der Waals surface area (Å²) in [5.74, 6) is -1.73. The summed E-state index contributed by atoms with van der Waals surface area (Å²) in [6, 6.07) is 14.7. The molecule has 3 aromatic rings. The number of halogens is 4. The zero-order valence-electron chi connectivity index (χ0n) is 23.1. The summed E-state index contributed by atoms with van der Waals surface area (Å²) in [5, 5.41) is 23.4. The second kappa shape index (κ2) is 12.5. The minimum absolute atomic E-state index is 0.0230. The normalized spacial score (nSPS) is 14.9. The van der Waals surface area contributed by atoms with Gasteiger partial charge in [-0.05, 0) is 117 Å². The lowest BCUT2D eigenvalue weighted by Crippen LogP contribution is -2.46. The number of nitrogens with one attached hydrogen (secondary N) is 1. The zero-order chi connectivity index (χ0) is 29.9. The number of rotatable bonds is 11. The van der Waals surface area contributed by atoms with Crippen LogP contribution in [-0.4, -0.2) is 52.3 Å². The van der Waals surface area contributed by atoms with Crippen molar-refractivity contribution in [2.45, 2.75) is 55.8 Å². The molecule has 3 aromatic carbocycles. The maximum Gasteiger partial charge on any atom is 0.416 e. The van der Waals surface area contributed by atoms with Crippen LogP contribution in [0.5, 0.6) is 0 Å². The average Bonchev–Trinajstić information content (AvgIpc) is 3.28. The van der Waals surface area contributed by atoms with Crippen LogP contribution in [0.25, 0.3) is 11.1 Å². The summed E-state index contributed by atoms with van der Waals surface area (Å²) in [4.78, 5) is 11.6. The van der Waals surface area contributed by atoms with Crippen molar-refractivity contribution in [2.24, 2.45) is 5.92 Å². The largest absolute Gasteiger partial charge is 0.478 e. The van der Waals surface area contributed by atoms with Gasteiger partial charge >= 0.3 is 12.1 Å². The molecule has 0 bridgehead atoms. The van der Waals surface area contributed by atoms with Crippen LogP contribution >= 0.6 is 11.9 Å². The first-order valence-corrected chi connectivity index (χ1v) is 14.1. The highest BCUT2D eigenvalue weighted by atomic mass is 32.2. The highest BCUT2D eigenvalue weighted by Crippen LogP contribution is 2.37. The molecule has 1 aliphatic rings. The van der Waals surface area contributed by atoms with Crippen molar-refractivity contribution in [1.29, 1.82) is 0 Å². The number of carboxylic acid groups (broad SMARTS) is 1. The van der Waals surface area contributed by atoms with E-state index in [0.717, 1.165) is 61.5 Å². The Morgan fingerprint density at radius 2 is 1.68 bits per heavy atom. The molecule has 10 heteroatoms. The van der Waals surface area contributed by atoms with Gasteiger partial charge in [0.05, 0.1) is 17.2 Å². The minimum Gasteiger partial charge on any atom is -0.478 e. The number of alkyl halides is 3. The Balaban J connectivity index is 1.38. The average molecular weight is 591 g/mol. The third-order valence-corrected chi connectivity index (χ3v) is 8.10. The van der Waals surface area contributed by atoms with E-state index >= 15 is 0 Å². The van der Waals surface area contributed by atoms with E-state index in [-0.39, 0.29) is 33.7 Å². The quantitative estimate of drug-likeness (QED) is 0.171. The Kier molecular flexibility index (Phi) is 9.48. The minimum atomic E-state index is -4.66. The van der Waals surface area contributed by atoms with Crippen LogP contribution in [0, 0.1) is 11.7 Å². The summed E-state index contributed by atoms with van der Waals surface area (Å²) in [7, 11) is 1.67. The van der Waals surface area contributed by atoms with E-state index in [9.17, 15) is 32.6 Å². The molecule has 0 radical (unpaired) electrons. The zero-order valence-corrected chi connectivity index (χ0v) is 24.0. The molecule has 3 N–H and O–H groups in total. The Bertz CT molecular complexity index is 1370. The number of aromatic carboxylic acids is 1. The molecule has 0 aliphatic heterocycles. The van der Waals surface area contributed by atoms with Gasteiger partial charge in [-0.2, -0.15) is 13.2 Å². The number of hydrogen-bond donors (Lipinski definition) is 3. The number of likely N-dealkylation sites (N-methyl/N-ethyl adjacent to an activating group) is 1. The van der Waals surface area contributed by atoms with Crippen molar-refractivity contribution >= 4 is 17.9 Å². The van der Waals surface area contributed by atoms with Gasteiger partial charge in [-0.3, -0.25) is 0 Å². The summed E-state index contributed by atoms with van der Waals surface area (Å²) < 4.78 is 56.8. The van der Waals surface area contributed by atoms with Gasteiger partial charge in [0.15, 0.2) is 0 Å². The fourth-order valence-electron chi connectivity index (χ4n) is 5.42. The number of benzene rings is 3. The lowest BCUT2D eigenvalue weighted by Gasteiger charge is -2.31. The smallest absolute Gasteiger partial charge is 0.416 e. The van der Waals surface area contributed by atoms with Gasteiger partial charge in [-0.1, -0.05) is 24.3 Å². The Morgan fingerprint density at radius 1 is 1.05 bits per heavy atom. The maximum atomic E-state index is 14.1. The van der Waals surface area contributed by atoms with E-state index in [2.05, 4.69) is 43.4 Å². The van der Waals surface area contributed by atoms with Crippen LogP contribution in [0.2, 0.25) is 0 Å². The first kappa shape index (κ1) is 31.0. The van der Waals surface area contributed by atoms with Gasteiger partial charge in [-0.15, -0.1) is 0 Å². The molecule has 1 aliphatic carbocycles. The second-order valence-corrected chi connectivity index (χ2v) is 12.6. The maximum absolute atomic E-state index is 14.1. The van der Waals surface area contributed by atoms with Gasteiger partial charge in [0.1, 0.15) is 5.82 Å². The first-order chi connectivity index (χ1) is 19.2. The predicted molar refractivity (Wildman–Crippen MR) is 152 cm³/mol. The van der Waals surface area contributed by atoms with Crippen LogP contribution < -0.4 is 5.32 Å². The lowest BCUT2D eigenvalue weighted by atomic mass is 9.88. The molecule has 0 spiro atoms. The molecule has 0 saturated carbocycles. The highest BCUT2D eigenvalue weighted by molar-refractivity contribution is 7.97. The second-order valence-electron chi connectivity index (χ2n) is 11.3. The summed E-state index contributed by atoms with van der Waals surface area (Å²) in [5.41, 5.74) is 1.33. The summed E-state index contributed by atoms with van der Waals surface area (Å²) >= 11 is 1.01. The van der Waals surface area contributed by atoms with Gasteiger partial charge in [-0.25, -0.2) is 13.5 Å². The molecule has 0 unspecified atom stereocenters. The Hall–Kier alpha value is -2.92. The van der Waals surface area contributed by atoms with Gasteiger partial charge < -0.3 is 15.5 Å². The van der Waals surface area contributed by atoms with Crippen molar-refractivity contribution in [3.05, 3.63) is 88.7 Å². The molecule has 0 saturated heterocycles. The van der Waals surface area contributed by atoms with E-state index < -0.39 is 29.6 Å². The summed E-state index contributed by atoms with van der Waals surface area (Å²) in [6.07, 6.45) is -2.43. The Morgan fingerprint density at radius 3 is 2.29 bits per heavy atom. The molecule has 41 heavy (non-hydrogen) atoms. The van der Waals surface area contributed by atoms with E-state index in [0.29, 0.717) is 12.5 Å².